The highest BCUT2D eigenvalue weighted by Gasteiger charge is 2.25. The van der Waals surface area contributed by atoms with Crippen molar-refractivity contribution >= 4 is 27.7 Å². The summed E-state index contributed by atoms with van der Waals surface area (Å²) in [7, 11) is 0. The number of rotatable bonds is 4. The quantitative estimate of drug-likeness (QED) is 0.916. The summed E-state index contributed by atoms with van der Waals surface area (Å²) in [6.07, 6.45) is 5.47. The van der Waals surface area contributed by atoms with Gasteiger partial charge in [-0.2, -0.15) is 4.98 Å². The molecule has 0 amide bonds. The molecule has 1 fully saturated rings. The molecule has 2 atom stereocenters. The second kappa shape index (κ2) is 6.55. The minimum atomic E-state index is 0.543. The Morgan fingerprint density at radius 1 is 1.42 bits per heavy atom. The molecule has 2 rings (SSSR count). The van der Waals surface area contributed by atoms with Gasteiger partial charge < -0.3 is 10.2 Å². The lowest BCUT2D eigenvalue weighted by atomic mass is 9.95. The van der Waals surface area contributed by atoms with Crippen molar-refractivity contribution in [1.82, 2.24) is 9.97 Å². The molecule has 0 radical (unpaired) electrons. The van der Waals surface area contributed by atoms with E-state index in [9.17, 15) is 0 Å². The smallest absolute Gasteiger partial charge is 0.224 e. The molecule has 1 aromatic rings. The van der Waals surface area contributed by atoms with E-state index >= 15 is 0 Å². The van der Waals surface area contributed by atoms with Gasteiger partial charge in [-0.05, 0) is 48.0 Å². The molecule has 5 heteroatoms. The first-order valence-electron chi connectivity index (χ1n) is 7.14. The predicted octanol–water partition coefficient (Wildman–Crippen LogP) is 3.69. The van der Waals surface area contributed by atoms with Gasteiger partial charge in [0.15, 0.2) is 0 Å². The Morgan fingerprint density at radius 2 is 2.21 bits per heavy atom. The molecule has 1 aliphatic heterocycles. The zero-order valence-electron chi connectivity index (χ0n) is 12.0. The van der Waals surface area contributed by atoms with Crippen molar-refractivity contribution < 1.29 is 0 Å². The Bertz CT molecular complexity index is 424. The van der Waals surface area contributed by atoms with Crippen LogP contribution in [0.1, 0.15) is 40.0 Å². The van der Waals surface area contributed by atoms with Crippen molar-refractivity contribution in [2.45, 2.75) is 46.1 Å². The summed E-state index contributed by atoms with van der Waals surface area (Å²) in [5, 5.41) is 3.26. The third-order valence-electron chi connectivity index (χ3n) is 3.65. The lowest BCUT2D eigenvalue weighted by molar-refractivity contribution is 0.387. The normalized spacial score (nSPS) is 23.5. The minimum absolute atomic E-state index is 0.543. The summed E-state index contributed by atoms with van der Waals surface area (Å²) in [5.41, 5.74) is 0. The Morgan fingerprint density at radius 3 is 2.95 bits per heavy atom. The Balaban J connectivity index is 2.21. The number of aromatic nitrogens is 2. The number of anilines is 2. The van der Waals surface area contributed by atoms with E-state index < -0.39 is 0 Å². The highest BCUT2D eigenvalue weighted by atomic mass is 79.9. The number of nitrogens with one attached hydrogen (secondary N) is 1. The molecule has 0 aliphatic carbocycles. The maximum absolute atomic E-state index is 4.68. The highest BCUT2D eigenvalue weighted by Crippen LogP contribution is 2.31. The average molecular weight is 327 g/mol. The first-order valence-corrected chi connectivity index (χ1v) is 7.94. The predicted molar refractivity (Wildman–Crippen MR) is 83.7 cm³/mol. The summed E-state index contributed by atoms with van der Waals surface area (Å²) in [6, 6.07) is 0.543. The second-order valence-corrected chi connectivity index (χ2v) is 6.33. The van der Waals surface area contributed by atoms with Crippen LogP contribution in [0.4, 0.5) is 11.8 Å². The van der Waals surface area contributed by atoms with Gasteiger partial charge in [-0.25, -0.2) is 4.98 Å². The summed E-state index contributed by atoms with van der Waals surface area (Å²) < 4.78 is 0.982. The zero-order valence-corrected chi connectivity index (χ0v) is 13.6. The van der Waals surface area contributed by atoms with Crippen LogP contribution in [0.3, 0.4) is 0 Å². The number of piperidine rings is 1. The van der Waals surface area contributed by atoms with Crippen LogP contribution in [0.2, 0.25) is 0 Å². The van der Waals surface area contributed by atoms with Crippen molar-refractivity contribution in [3.63, 3.8) is 0 Å². The summed E-state index contributed by atoms with van der Waals surface area (Å²) >= 11 is 3.59. The number of hydrogen-bond acceptors (Lipinski definition) is 4. The maximum atomic E-state index is 4.68. The van der Waals surface area contributed by atoms with Crippen LogP contribution in [0.15, 0.2) is 10.7 Å². The van der Waals surface area contributed by atoms with E-state index in [1.54, 1.807) is 0 Å². The monoisotopic (exact) mass is 326 g/mol. The van der Waals surface area contributed by atoms with Crippen molar-refractivity contribution in [3.8, 4) is 0 Å². The molecular weight excluding hydrogens is 304 g/mol. The Hall–Kier alpha value is -0.840. The van der Waals surface area contributed by atoms with Gasteiger partial charge in [0.05, 0.1) is 4.47 Å². The molecule has 4 nitrogen and oxygen atoms in total. The molecule has 0 aromatic carbocycles. The maximum Gasteiger partial charge on any atom is 0.224 e. The molecule has 1 aliphatic rings. The van der Waals surface area contributed by atoms with Gasteiger partial charge in [0.2, 0.25) is 5.95 Å². The van der Waals surface area contributed by atoms with E-state index in [-0.39, 0.29) is 0 Å². The van der Waals surface area contributed by atoms with E-state index in [4.69, 9.17) is 0 Å². The molecule has 1 N–H and O–H groups in total. The molecule has 2 heterocycles. The van der Waals surface area contributed by atoms with E-state index in [1.807, 2.05) is 6.20 Å². The topological polar surface area (TPSA) is 41.1 Å². The van der Waals surface area contributed by atoms with Crippen molar-refractivity contribution in [2.24, 2.45) is 5.92 Å². The van der Waals surface area contributed by atoms with Gasteiger partial charge >= 0.3 is 0 Å². The van der Waals surface area contributed by atoms with Crippen LogP contribution in [-0.2, 0) is 0 Å². The molecule has 0 spiro atoms. The molecule has 2 unspecified atom stereocenters. The second-order valence-electron chi connectivity index (χ2n) is 5.48. The summed E-state index contributed by atoms with van der Waals surface area (Å²) in [6.45, 7) is 8.71. The molecule has 106 valence electrons. The fraction of sp³-hybridized carbons (Fsp3) is 0.714. The van der Waals surface area contributed by atoms with Gasteiger partial charge in [-0.15, -0.1) is 0 Å². The van der Waals surface area contributed by atoms with Crippen LogP contribution in [0.25, 0.3) is 0 Å². The Kier molecular flexibility index (Phi) is 5.02. The largest absolute Gasteiger partial charge is 0.354 e. The van der Waals surface area contributed by atoms with E-state index in [0.717, 1.165) is 41.7 Å². The SMILES string of the molecule is CCCNc1ncc(Br)c(N2CC(C)CCC2C)n1. The van der Waals surface area contributed by atoms with Crippen LogP contribution in [0, 0.1) is 5.92 Å². The number of nitrogens with zero attached hydrogens (tertiary/aromatic N) is 3. The van der Waals surface area contributed by atoms with Crippen molar-refractivity contribution in [2.75, 3.05) is 23.3 Å². The fourth-order valence-corrected chi connectivity index (χ4v) is 2.88. The highest BCUT2D eigenvalue weighted by molar-refractivity contribution is 9.10. The molecule has 19 heavy (non-hydrogen) atoms. The van der Waals surface area contributed by atoms with Crippen molar-refractivity contribution in [1.29, 1.82) is 0 Å². The van der Waals surface area contributed by atoms with E-state index in [1.165, 1.54) is 12.8 Å². The van der Waals surface area contributed by atoms with Gasteiger partial charge in [-0.1, -0.05) is 13.8 Å². The first-order chi connectivity index (χ1) is 9.11. The van der Waals surface area contributed by atoms with E-state index in [2.05, 4.69) is 56.9 Å². The minimum Gasteiger partial charge on any atom is -0.354 e. The Labute approximate surface area is 124 Å². The lowest BCUT2D eigenvalue weighted by Gasteiger charge is -2.38. The summed E-state index contributed by atoms with van der Waals surface area (Å²) in [4.78, 5) is 11.4. The fourth-order valence-electron chi connectivity index (χ4n) is 2.47. The van der Waals surface area contributed by atoms with Gasteiger partial charge in [0, 0.05) is 25.3 Å². The summed E-state index contributed by atoms with van der Waals surface area (Å²) in [5.74, 6) is 2.48. The number of hydrogen-bond donors (Lipinski definition) is 1. The standard InChI is InChI=1S/C14H23BrN4/c1-4-7-16-14-17-8-12(15)13(18-14)19-9-10(2)5-6-11(19)3/h8,10-11H,4-7,9H2,1-3H3,(H,16,17,18). The third kappa shape index (κ3) is 3.59. The van der Waals surface area contributed by atoms with Crippen molar-refractivity contribution in [3.05, 3.63) is 10.7 Å². The van der Waals surface area contributed by atoms with Gasteiger partial charge in [0.1, 0.15) is 5.82 Å². The molecule has 1 aromatic heterocycles. The number of halogens is 1. The van der Waals surface area contributed by atoms with E-state index in [0.29, 0.717) is 6.04 Å². The molecule has 0 saturated carbocycles. The van der Waals surface area contributed by atoms with Crippen LogP contribution in [0.5, 0.6) is 0 Å². The van der Waals surface area contributed by atoms with Gasteiger partial charge in [-0.3, -0.25) is 0 Å². The molecule has 0 bridgehead atoms. The lowest BCUT2D eigenvalue weighted by Crippen LogP contribution is -2.41. The van der Waals surface area contributed by atoms with Gasteiger partial charge in [0.25, 0.3) is 0 Å². The zero-order chi connectivity index (χ0) is 13.8. The van der Waals surface area contributed by atoms with Crippen LogP contribution in [-0.4, -0.2) is 29.1 Å². The third-order valence-corrected chi connectivity index (χ3v) is 4.21. The molecule has 1 saturated heterocycles. The van der Waals surface area contributed by atoms with Crippen LogP contribution < -0.4 is 10.2 Å². The van der Waals surface area contributed by atoms with Crippen LogP contribution >= 0.6 is 15.9 Å². The first kappa shape index (κ1) is 14.6. The average Bonchev–Trinajstić information content (AvgIpc) is 2.41. The molecular formula is C14H23BrN4.